The van der Waals surface area contributed by atoms with Crippen molar-refractivity contribution >= 4 is 5.97 Å². The molecular weight excluding hydrogens is 404 g/mol. The highest BCUT2D eigenvalue weighted by molar-refractivity contribution is 5.89. The van der Waals surface area contributed by atoms with E-state index < -0.39 is 61.1 Å². The highest BCUT2D eigenvalue weighted by atomic mass is 16.7. The van der Waals surface area contributed by atoms with Crippen LogP contribution in [0.3, 0.4) is 0 Å². The van der Waals surface area contributed by atoms with Crippen LogP contribution in [0.1, 0.15) is 16.1 Å². The average Bonchev–Trinajstić information content (AvgIpc) is 2.74. The molecule has 0 radical (unpaired) electrons. The highest BCUT2D eigenvalue weighted by Crippen LogP contribution is 2.25. The monoisotopic (exact) mass is 424 g/mol. The van der Waals surface area contributed by atoms with Gasteiger partial charge in [0.15, 0.2) is 12.4 Å². The van der Waals surface area contributed by atoms with Crippen LogP contribution in [-0.4, -0.2) is 68.8 Å². The molecule has 0 bridgehead atoms. The van der Waals surface area contributed by atoms with Crippen molar-refractivity contribution < 1.29 is 49.0 Å². The first-order chi connectivity index (χ1) is 14.3. The summed E-state index contributed by atoms with van der Waals surface area (Å²) in [7, 11) is 0. The fraction of sp³-hybridized carbons (Fsp3) is 0.368. The zero-order valence-electron chi connectivity index (χ0n) is 15.5. The summed E-state index contributed by atoms with van der Waals surface area (Å²) in [4.78, 5) is 24.3. The number of rotatable bonds is 6. The average molecular weight is 424 g/mol. The number of ether oxygens (including phenoxy) is 3. The first-order valence-electron chi connectivity index (χ1n) is 8.86. The molecule has 5 unspecified atom stereocenters. The van der Waals surface area contributed by atoms with Gasteiger partial charge in [-0.15, -0.1) is 0 Å². The molecule has 5 atom stereocenters. The summed E-state index contributed by atoms with van der Waals surface area (Å²) in [6.07, 6.45) is -6.84. The molecule has 0 saturated carbocycles. The number of aliphatic hydroxyl groups is 4. The lowest BCUT2D eigenvalue weighted by molar-refractivity contribution is -0.278. The van der Waals surface area contributed by atoms with E-state index in [0.717, 1.165) is 12.3 Å². The number of phenolic OH excluding ortho intramolecular Hbond substituents is 1. The van der Waals surface area contributed by atoms with Gasteiger partial charge in [-0.2, -0.15) is 0 Å². The second kappa shape index (κ2) is 9.24. The molecule has 30 heavy (non-hydrogen) atoms. The van der Waals surface area contributed by atoms with E-state index in [4.69, 9.17) is 18.6 Å². The van der Waals surface area contributed by atoms with Crippen LogP contribution in [0.15, 0.2) is 45.8 Å². The minimum absolute atomic E-state index is 0.0316. The van der Waals surface area contributed by atoms with Crippen molar-refractivity contribution in [1.82, 2.24) is 0 Å². The maximum absolute atomic E-state index is 12.2. The van der Waals surface area contributed by atoms with Crippen LogP contribution in [0.5, 0.6) is 11.5 Å². The molecule has 2 aromatic rings. The zero-order valence-corrected chi connectivity index (χ0v) is 15.5. The van der Waals surface area contributed by atoms with E-state index in [9.17, 15) is 35.1 Å². The van der Waals surface area contributed by atoms with Crippen LogP contribution in [-0.2, 0) is 16.1 Å². The maximum atomic E-state index is 12.2. The Morgan fingerprint density at radius 1 is 1.03 bits per heavy atom. The van der Waals surface area contributed by atoms with E-state index in [2.05, 4.69) is 0 Å². The van der Waals surface area contributed by atoms with Gasteiger partial charge in [0.2, 0.25) is 17.5 Å². The Labute approximate surface area is 169 Å². The van der Waals surface area contributed by atoms with Crippen molar-refractivity contribution in [2.75, 3.05) is 6.61 Å². The van der Waals surface area contributed by atoms with Crippen molar-refractivity contribution in [2.45, 2.75) is 37.3 Å². The second-order valence-electron chi connectivity index (χ2n) is 6.48. The van der Waals surface area contributed by atoms with Crippen LogP contribution in [0.25, 0.3) is 0 Å². The summed E-state index contributed by atoms with van der Waals surface area (Å²) >= 11 is 0. The Morgan fingerprint density at radius 3 is 2.40 bits per heavy atom. The number of phenols is 1. The molecule has 1 fully saturated rings. The van der Waals surface area contributed by atoms with Gasteiger partial charge in [0.05, 0.1) is 18.4 Å². The van der Waals surface area contributed by atoms with Crippen LogP contribution < -0.4 is 10.2 Å². The second-order valence-corrected chi connectivity index (χ2v) is 6.48. The third-order valence-electron chi connectivity index (χ3n) is 4.43. The lowest BCUT2D eigenvalue weighted by Gasteiger charge is -2.39. The van der Waals surface area contributed by atoms with E-state index in [1.54, 1.807) is 0 Å². The van der Waals surface area contributed by atoms with Crippen LogP contribution in [0.2, 0.25) is 0 Å². The molecule has 0 amide bonds. The number of hydrogen-bond acceptors (Lipinski definition) is 11. The van der Waals surface area contributed by atoms with Crippen molar-refractivity contribution in [3.8, 4) is 11.5 Å². The fourth-order valence-corrected chi connectivity index (χ4v) is 2.76. The van der Waals surface area contributed by atoms with E-state index >= 15 is 0 Å². The standard InChI is InChI=1S/C19H20O11/c20-7-12-14(23)15(24)16(25)19(29-12)30-17-11(22)5-6-27-13(17)8-28-18(26)9-1-3-10(21)4-2-9/h1-6,12,14-16,19-21,23-25H,7-8H2. The van der Waals surface area contributed by atoms with Gasteiger partial charge in [0.25, 0.3) is 0 Å². The highest BCUT2D eigenvalue weighted by Gasteiger charge is 2.45. The minimum Gasteiger partial charge on any atom is -0.508 e. The molecule has 1 aromatic carbocycles. The topological polar surface area (TPSA) is 176 Å². The maximum Gasteiger partial charge on any atom is 0.338 e. The smallest absolute Gasteiger partial charge is 0.338 e. The fourth-order valence-electron chi connectivity index (χ4n) is 2.76. The summed E-state index contributed by atoms with van der Waals surface area (Å²) in [6, 6.07) is 6.29. The van der Waals surface area contributed by atoms with Crippen LogP contribution >= 0.6 is 0 Å². The third-order valence-corrected chi connectivity index (χ3v) is 4.43. The number of hydrogen-bond donors (Lipinski definition) is 5. The lowest BCUT2D eigenvalue weighted by Crippen LogP contribution is -2.60. The van der Waals surface area contributed by atoms with Gasteiger partial charge in [-0.3, -0.25) is 4.79 Å². The molecule has 1 aliphatic heterocycles. The summed E-state index contributed by atoms with van der Waals surface area (Å²) in [6.45, 7) is -1.19. The Morgan fingerprint density at radius 2 is 1.73 bits per heavy atom. The molecule has 2 heterocycles. The van der Waals surface area contributed by atoms with Gasteiger partial charge < -0.3 is 44.2 Å². The number of benzene rings is 1. The largest absolute Gasteiger partial charge is 0.508 e. The predicted molar refractivity (Wildman–Crippen MR) is 96.6 cm³/mol. The Kier molecular flexibility index (Phi) is 6.70. The van der Waals surface area contributed by atoms with Crippen LogP contribution in [0.4, 0.5) is 0 Å². The molecule has 1 saturated heterocycles. The van der Waals surface area contributed by atoms with E-state index in [1.165, 1.54) is 24.3 Å². The number of aromatic hydroxyl groups is 1. The summed E-state index contributed by atoms with van der Waals surface area (Å²) in [5.74, 6) is -1.44. The molecular formula is C19H20O11. The number of carbonyl (C=O) groups is 1. The number of aliphatic hydroxyl groups excluding tert-OH is 4. The van der Waals surface area contributed by atoms with E-state index in [1.807, 2.05) is 0 Å². The van der Waals surface area contributed by atoms with Gasteiger partial charge in [0.1, 0.15) is 30.2 Å². The minimum atomic E-state index is -1.74. The SMILES string of the molecule is O=C(OCc1occc(=O)c1OC1OC(CO)C(O)C(O)C1O)c1ccc(O)cc1. The Balaban J connectivity index is 1.75. The predicted octanol–water partition coefficient (Wildman–Crippen LogP) is -1.12. The van der Waals surface area contributed by atoms with Gasteiger partial charge in [-0.05, 0) is 24.3 Å². The van der Waals surface area contributed by atoms with Crippen molar-refractivity contribution in [3.63, 3.8) is 0 Å². The van der Waals surface area contributed by atoms with Gasteiger partial charge in [-0.25, -0.2) is 4.79 Å². The Bertz CT molecular complexity index is 921. The third kappa shape index (κ3) is 4.61. The lowest BCUT2D eigenvalue weighted by atomic mass is 9.99. The van der Waals surface area contributed by atoms with Crippen LogP contribution in [0, 0.1) is 0 Å². The van der Waals surface area contributed by atoms with Crippen molar-refractivity contribution in [1.29, 1.82) is 0 Å². The normalized spacial score (nSPS) is 26.2. The summed E-state index contributed by atoms with van der Waals surface area (Å²) < 4.78 is 20.8. The first-order valence-corrected chi connectivity index (χ1v) is 8.86. The van der Waals surface area contributed by atoms with Gasteiger partial charge in [-0.1, -0.05) is 0 Å². The summed E-state index contributed by atoms with van der Waals surface area (Å²) in [5, 5.41) is 48.2. The Hall–Kier alpha value is -2.96. The molecule has 5 N–H and O–H groups in total. The zero-order chi connectivity index (χ0) is 21.8. The van der Waals surface area contributed by atoms with Gasteiger partial charge in [0, 0.05) is 6.07 Å². The molecule has 11 heteroatoms. The molecule has 3 rings (SSSR count). The van der Waals surface area contributed by atoms with Crippen molar-refractivity contribution in [2.24, 2.45) is 0 Å². The number of carbonyl (C=O) groups excluding carboxylic acids is 1. The molecule has 162 valence electrons. The molecule has 0 spiro atoms. The molecule has 1 aliphatic rings. The van der Waals surface area contributed by atoms with Gasteiger partial charge >= 0.3 is 5.97 Å². The van der Waals surface area contributed by atoms with Crippen molar-refractivity contribution in [3.05, 3.63) is 58.1 Å². The molecule has 0 aliphatic carbocycles. The molecule has 1 aromatic heterocycles. The summed E-state index contributed by atoms with van der Waals surface area (Å²) in [5.41, 5.74) is -0.545. The quantitative estimate of drug-likeness (QED) is 0.355. The molecule has 11 nitrogen and oxygen atoms in total. The first kappa shape index (κ1) is 21.7. The van der Waals surface area contributed by atoms with E-state index in [-0.39, 0.29) is 17.1 Å². The number of esters is 1. The van der Waals surface area contributed by atoms with E-state index in [0.29, 0.717) is 0 Å².